The number of hydrogen-bond acceptors (Lipinski definition) is 6. The highest BCUT2D eigenvalue weighted by atomic mass is 32.2. The standard InChI is InChI=1S/C21H22FN3O4S/c1-2-28-18-9-11-19(12-10-18)30(26,27)25-13-3-4-16(14-25)21-24-23-20(29-21)15-5-7-17(22)8-6-15/h5-12,16H,2-4,13-14H2,1H3. The van der Waals surface area contributed by atoms with Crippen LogP contribution in [-0.4, -0.2) is 42.6 Å². The Morgan fingerprint density at radius 1 is 1.13 bits per heavy atom. The fourth-order valence-electron chi connectivity index (χ4n) is 3.49. The second-order valence-corrected chi connectivity index (χ2v) is 9.00. The minimum Gasteiger partial charge on any atom is -0.494 e. The molecule has 0 radical (unpaired) electrons. The Morgan fingerprint density at radius 2 is 1.87 bits per heavy atom. The largest absolute Gasteiger partial charge is 0.494 e. The van der Waals surface area contributed by atoms with Gasteiger partial charge in [0.25, 0.3) is 0 Å². The maximum Gasteiger partial charge on any atom is 0.247 e. The molecule has 9 heteroatoms. The molecule has 1 atom stereocenters. The van der Waals surface area contributed by atoms with Crippen molar-refractivity contribution in [2.75, 3.05) is 19.7 Å². The van der Waals surface area contributed by atoms with E-state index in [0.29, 0.717) is 36.8 Å². The van der Waals surface area contributed by atoms with Crippen molar-refractivity contribution in [3.63, 3.8) is 0 Å². The van der Waals surface area contributed by atoms with E-state index in [-0.39, 0.29) is 29.1 Å². The van der Waals surface area contributed by atoms with E-state index in [2.05, 4.69) is 10.2 Å². The summed E-state index contributed by atoms with van der Waals surface area (Å²) < 4.78 is 51.9. The topological polar surface area (TPSA) is 85.5 Å². The zero-order valence-electron chi connectivity index (χ0n) is 16.5. The molecule has 1 aromatic heterocycles. The predicted octanol–water partition coefficient (Wildman–Crippen LogP) is 3.84. The molecule has 0 amide bonds. The van der Waals surface area contributed by atoms with Crippen LogP contribution in [0.2, 0.25) is 0 Å². The van der Waals surface area contributed by atoms with Gasteiger partial charge in [-0.25, -0.2) is 12.8 Å². The Hall–Kier alpha value is -2.78. The minimum absolute atomic E-state index is 0.196. The summed E-state index contributed by atoms with van der Waals surface area (Å²) in [6.45, 7) is 3.09. The zero-order chi connectivity index (χ0) is 21.1. The first-order valence-electron chi connectivity index (χ1n) is 9.79. The number of aromatic nitrogens is 2. The molecule has 0 N–H and O–H groups in total. The normalized spacial score (nSPS) is 17.7. The van der Waals surface area contributed by atoms with Crippen molar-refractivity contribution >= 4 is 10.0 Å². The second kappa shape index (κ2) is 8.53. The number of rotatable bonds is 6. The van der Waals surface area contributed by atoms with Crippen LogP contribution in [0.25, 0.3) is 11.5 Å². The molecule has 30 heavy (non-hydrogen) atoms. The van der Waals surface area contributed by atoms with E-state index in [1.165, 1.54) is 16.4 Å². The van der Waals surface area contributed by atoms with E-state index in [9.17, 15) is 12.8 Å². The fraction of sp³-hybridized carbons (Fsp3) is 0.333. The Bertz CT molecular complexity index is 1100. The Kier molecular flexibility index (Phi) is 5.83. The lowest BCUT2D eigenvalue weighted by Crippen LogP contribution is -2.39. The first-order chi connectivity index (χ1) is 14.5. The van der Waals surface area contributed by atoms with Crippen LogP contribution in [-0.2, 0) is 10.0 Å². The molecular weight excluding hydrogens is 409 g/mol. The van der Waals surface area contributed by atoms with E-state index < -0.39 is 10.0 Å². The molecule has 1 unspecified atom stereocenters. The molecule has 3 aromatic rings. The van der Waals surface area contributed by atoms with Gasteiger partial charge in [-0.15, -0.1) is 10.2 Å². The van der Waals surface area contributed by atoms with E-state index in [1.807, 2.05) is 6.92 Å². The predicted molar refractivity (Wildman–Crippen MR) is 108 cm³/mol. The molecule has 2 aromatic carbocycles. The van der Waals surface area contributed by atoms with Gasteiger partial charge in [-0.3, -0.25) is 0 Å². The lowest BCUT2D eigenvalue weighted by atomic mass is 10.00. The van der Waals surface area contributed by atoms with Crippen molar-refractivity contribution in [2.45, 2.75) is 30.6 Å². The van der Waals surface area contributed by atoms with Gasteiger partial charge >= 0.3 is 0 Å². The summed E-state index contributed by atoms with van der Waals surface area (Å²) in [7, 11) is -3.64. The molecule has 0 saturated carbocycles. The maximum absolute atomic E-state index is 13.1. The summed E-state index contributed by atoms with van der Waals surface area (Å²) in [5.74, 6) is 0.767. The van der Waals surface area contributed by atoms with Crippen LogP contribution < -0.4 is 4.74 Å². The van der Waals surface area contributed by atoms with Crippen LogP contribution in [0.1, 0.15) is 31.6 Å². The fourth-order valence-corrected chi connectivity index (χ4v) is 5.02. The molecule has 2 heterocycles. The summed E-state index contributed by atoms with van der Waals surface area (Å²) >= 11 is 0. The summed E-state index contributed by atoms with van der Waals surface area (Å²) in [6, 6.07) is 12.2. The SMILES string of the molecule is CCOc1ccc(S(=O)(=O)N2CCCC(c3nnc(-c4ccc(F)cc4)o3)C2)cc1. The van der Waals surface area contributed by atoms with Gasteiger partial charge in [0.2, 0.25) is 21.8 Å². The molecule has 4 rings (SSSR count). The van der Waals surface area contributed by atoms with Gasteiger partial charge in [-0.1, -0.05) is 0 Å². The number of nitrogens with zero attached hydrogens (tertiary/aromatic N) is 3. The van der Waals surface area contributed by atoms with Gasteiger partial charge in [0, 0.05) is 18.7 Å². The highest BCUT2D eigenvalue weighted by Crippen LogP contribution is 2.31. The number of sulfonamides is 1. The third-order valence-corrected chi connectivity index (χ3v) is 6.92. The monoisotopic (exact) mass is 431 g/mol. The Labute approximate surface area is 174 Å². The lowest BCUT2D eigenvalue weighted by Gasteiger charge is -2.30. The highest BCUT2D eigenvalue weighted by Gasteiger charge is 2.33. The van der Waals surface area contributed by atoms with Gasteiger partial charge in [0.15, 0.2) is 0 Å². The third-order valence-electron chi connectivity index (χ3n) is 5.04. The van der Waals surface area contributed by atoms with Crippen LogP contribution in [0.15, 0.2) is 57.8 Å². The van der Waals surface area contributed by atoms with Crippen molar-refractivity contribution in [1.29, 1.82) is 0 Å². The van der Waals surface area contributed by atoms with Gasteiger partial charge in [-0.05, 0) is 68.3 Å². The van der Waals surface area contributed by atoms with Gasteiger partial charge in [-0.2, -0.15) is 4.31 Å². The molecule has 0 bridgehead atoms. The molecule has 7 nitrogen and oxygen atoms in total. The van der Waals surface area contributed by atoms with Gasteiger partial charge in [0.05, 0.1) is 17.4 Å². The van der Waals surface area contributed by atoms with Crippen LogP contribution >= 0.6 is 0 Å². The summed E-state index contributed by atoms with van der Waals surface area (Å²) in [5, 5.41) is 8.15. The Balaban J connectivity index is 1.51. The van der Waals surface area contributed by atoms with E-state index in [1.54, 1.807) is 36.4 Å². The van der Waals surface area contributed by atoms with Crippen LogP contribution in [0.3, 0.4) is 0 Å². The van der Waals surface area contributed by atoms with E-state index in [4.69, 9.17) is 9.15 Å². The maximum atomic E-state index is 13.1. The molecular formula is C21H22FN3O4S. The van der Waals surface area contributed by atoms with E-state index >= 15 is 0 Å². The van der Waals surface area contributed by atoms with Crippen LogP contribution in [0, 0.1) is 5.82 Å². The quantitative estimate of drug-likeness (QED) is 0.589. The van der Waals surface area contributed by atoms with Crippen molar-refractivity contribution in [3.8, 4) is 17.2 Å². The smallest absolute Gasteiger partial charge is 0.247 e. The van der Waals surface area contributed by atoms with Crippen LogP contribution in [0.4, 0.5) is 4.39 Å². The summed E-state index contributed by atoms with van der Waals surface area (Å²) in [6.07, 6.45) is 1.44. The number of hydrogen-bond donors (Lipinski definition) is 0. The molecule has 1 fully saturated rings. The number of piperidine rings is 1. The Morgan fingerprint density at radius 3 is 2.57 bits per heavy atom. The number of benzene rings is 2. The second-order valence-electron chi connectivity index (χ2n) is 7.06. The van der Waals surface area contributed by atoms with Crippen LogP contribution in [0.5, 0.6) is 5.75 Å². The molecule has 1 saturated heterocycles. The van der Waals surface area contributed by atoms with Crippen molar-refractivity contribution in [2.24, 2.45) is 0 Å². The average Bonchev–Trinajstić information content (AvgIpc) is 3.25. The molecule has 158 valence electrons. The average molecular weight is 431 g/mol. The van der Waals surface area contributed by atoms with Gasteiger partial charge in [0.1, 0.15) is 11.6 Å². The summed E-state index contributed by atoms with van der Waals surface area (Å²) in [4.78, 5) is 0.226. The first kappa shape index (κ1) is 20.5. The van der Waals surface area contributed by atoms with Crippen molar-refractivity contribution in [3.05, 3.63) is 60.2 Å². The van der Waals surface area contributed by atoms with Crippen molar-refractivity contribution < 1.29 is 22.0 Å². The lowest BCUT2D eigenvalue weighted by molar-refractivity contribution is 0.286. The van der Waals surface area contributed by atoms with E-state index in [0.717, 1.165) is 6.42 Å². The molecule has 0 spiro atoms. The number of halogens is 1. The first-order valence-corrected chi connectivity index (χ1v) is 11.2. The van der Waals surface area contributed by atoms with Crippen molar-refractivity contribution in [1.82, 2.24) is 14.5 Å². The number of ether oxygens (including phenoxy) is 1. The van der Waals surface area contributed by atoms with Gasteiger partial charge < -0.3 is 9.15 Å². The third kappa shape index (κ3) is 4.22. The molecule has 0 aliphatic carbocycles. The summed E-state index contributed by atoms with van der Waals surface area (Å²) in [5.41, 5.74) is 0.616. The minimum atomic E-state index is -3.64. The highest BCUT2D eigenvalue weighted by molar-refractivity contribution is 7.89. The molecule has 1 aliphatic rings. The zero-order valence-corrected chi connectivity index (χ0v) is 17.3. The molecule has 1 aliphatic heterocycles.